The Hall–Kier alpha value is -1.55. The van der Waals surface area contributed by atoms with Crippen molar-refractivity contribution >= 4 is 5.91 Å². The highest BCUT2D eigenvalue weighted by Gasteiger charge is 2.24. The van der Waals surface area contributed by atoms with Gasteiger partial charge in [0, 0.05) is 25.0 Å². The van der Waals surface area contributed by atoms with Crippen LogP contribution in [0.4, 0.5) is 0 Å². The van der Waals surface area contributed by atoms with E-state index in [1.54, 1.807) is 0 Å². The molecule has 128 valence electrons. The number of likely N-dealkylation sites (tertiary alicyclic amines) is 1. The number of carbonyl (C=O) groups is 1. The molecule has 0 aromatic heterocycles. The molecule has 0 saturated carbocycles. The van der Waals surface area contributed by atoms with Crippen LogP contribution in [0.25, 0.3) is 0 Å². The zero-order chi connectivity index (χ0) is 16.7. The Balaban J connectivity index is 1.62. The number of ether oxygens (including phenoxy) is 1. The summed E-state index contributed by atoms with van der Waals surface area (Å²) in [6.45, 7) is 9.59. The Kier molecular flexibility index (Phi) is 6.90. The number of nitrogens with zero attached hydrogens (tertiary/aromatic N) is 1. The third-order valence-corrected chi connectivity index (χ3v) is 4.42. The Morgan fingerprint density at radius 2 is 1.87 bits per heavy atom. The quantitative estimate of drug-likeness (QED) is 0.840. The molecule has 23 heavy (non-hydrogen) atoms. The highest BCUT2D eigenvalue weighted by Crippen LogP contribution is 2.18. The van der Waals surface area contributed by atoms with Gasteiger partial charge in [-0.2, -0.15) is 0 Å². The maximum absolute atomic E-state index is 12.0. The SMILES string of the molecule is CC(COc1ccccc1)NCC1CCN(C(=O)C(C)C)CC1. The number of piperidine rings is 1. The highest BCUT2D eigenvalue weighted by molar-refractivity contribution is 5.78. The number of benzene rings is 1. The van der Waals surface area contributed by atoms with Gasteiger partial charge in [-0.25, -0.2) is 0 Å². The van der Waals surface area contributed by atoms with E-state index in [4.69, 9.17) is 4.74 Å². The van der Waals surface area contributed by atoms with E-state index in [2.05, 4.69) is 12.2 Å². The molecule has 0 bridgehead atoms. The van der Waals surface area contributed by atoms with Crippen molar-refractivity contribution in [3.8, 4) is 5.75 Å². The standard InChI is InChI=1S/C19H30N2O2/c1-15(2)19(22)21-11-9-17(10-12-21)13-20-16(3)14-23-18-7-5-4-6-8-18/h4-8,15-17,20H,9-14H2,1-3H3. The van der Waals surface area contributed by atoms with Crippen molar-refractivity contribution in [2.45, 2.75) is 39.7 Å². The lowest BCUT2D eigenvalue weighted by molar-refractivity contribution is -0.135. The van der Waals surface area contributed by atoms with Gasteiger partial charge in [-0.05, 0) is 44.4 Å². The molecule has 1 aliphatic heterocycles. The maximum Gasteiger partial charge on any atom is 0.225 e. The van der Waals surface area contributed by atoms with E-state index in [9.17, 15) is 4.79 Å². The number of amides is 1. The van der Waals surface area contributed by atoms with Gasteiger partial charge >= 0.3 is 0 Å². The molecule has 4 heteroatoms. The maximum atomic E-state index is 12.0. The van der Waals surface area contributed by atoms with E-state index in [1.807, 2.05) is 49.1 Å². The summed E-state index contributed by atoms with van der Waals surface area (Å²) in [4.78, 5) is 14.0. The second kappa shape index (κ2) is 8.92. The van der Waals surface area contributed by atoms with Crippen LogP contribution in [0.3, 0.4) is 0 Å². The number of nitrogens with one attached hydrogen (secondary N) is 1. The molecule has 1 aromatic carbocycles. The summed E-state index contributed by atoms with van der Waals surface area (Å²) in [5.41, 5.74) is 0. The van der Waals surface area contributed by atoms with Crippen LogP contribution in [-0.2, 0) is 4.79 Å². The molecule has 1 unspecified atom stereocenters. The molecule has 1 atom stereocenters. The first-order valence-electron chi connectivity index (χ1n) is 8.76. The zero-order valence-electron chi connectivity index (χ0n) is 14.6. The fraction of sp³-hybridized carbons (Fsp3) is 0.632. The van der Waals surface area contributed by atoms with Gasteiger partial charge in [-0.1, -0.05) is 32.0 Å². The monoisotopic (exact) mass is 318 g/mol. The van der Waals surface area contributed by atoms with E-state index in [-0.39, 0.29) is 5.92 Å². The van der Waals surface area contributed by atoms with Gasteiger partial charge in [0.25, 0.3) is 0 Å². The number of carbonyl (C=O) groups excluding carboxylic acids is 1. The van der Waals surface area contributed by atoms with Gasteiger partial charge in [0.1, 0.15) is 12.4 Å². The van der Waals surface area contributed by atoms with Crippen molar-refractivity contribution < 1.29 is 9.53 Å². The van der Waals surface area contributed by atoms with Crippen LogP contribution in [0.15, 0.2) is 30.3 Å². The van der Waals surface area contributed by atoms with E-state index in [0.29, 0.717) is 24.5 Å². The molecule has 0 aliphatic carbocycles. The molecule has 1 aliphatic rings. The smallest absolute Gasteiger partial charge is 0.225 e. The predicted molar refractivity (Wildman–Crippen MR) is 93.5 cm³/mol. The number of para-hydroxylation sites is 1. The van der Waals surface area contributed by atoms with E-state index in [0.717, 1.165) is 38.2 Å². The molecule has 1 fully saturated rings. The first-order valence-corrected chi connectivity index (χ1v) is 8.76. The molecule has 0 spiro atoms. The van der Waals surface area contributed by atoms with Crippen molar-refractivity contribution in [1.29, 1.82) is 0 Å². The van der Waals surface area contributed by atoms with Gasteiger partial charge in [-0.15, -0.1) is 0 Å². The van der Waals surface area contributed by atoms with Crippen LogP contribution in [-0.4, -0.2) is 43.1 Å². The first kappa shape index (κ1) is 17.8. The van der Waals surface area contributed by atoms with Crippen LogP contribution in [0.1, 0.15) is 33.6 Å². The minimum atomic E-state index is 0.111. The van der Waals surface area contributed by atoms with Crippen molar-refractivity contribution in [2.75, 3.05) is 26.2 Å². The van der Waals surface area contributed by atoms with Crippen molar-refractivity contribution in [2.24, 2.45) is 11.8 Å². The topological polar surface area (TPSA) is 41.6 Å². The van der Waals surface area contributed by atoms with Crippen LogP contribution in [0.2, 0.25) is 0 Å². The first-order chi connectivity index (χ1) is 11.1. The average Bonchev–Trinajstić information content (AvgIpc) is 2.58. The summed E-state index contributed by atoms with van der Waals surface area (Å²) in [6.07, 6.45) is 2.19. The summed E-state index contributed by atoms with van der Waals surface area (Å²) in [6, 6.07) is 10.2. The lowest BCUT2D eigenvalue weighted by Gasteiger charge is -2.33. The molecular weight excluding hydrogens is 288 g/mol. The summed E-state index contributed by atoms with van der Waals surface area (Å²) >= 11 is 0. The third-order valence-electron chi connectivity index (χ3n) is 4.42. The Labute approximate surface area is 140 Å². The average molecular weight is 318 g/mol. The third kappa shape index (κ3) is 5.87. The Morgan fingerprint density at radius 3 is 2.48 bits per heavy atom. The minimum absolute atomic E-state index is 0.111. The van der Waals surface area contributed by atoms with Gasteiger partial charge in [0.15, 0.2) is 0 Å². The van der Waals surface area contributed by atoms with Crippen molar-refractivity contribution in [3.05, 3.63) is 30.3 Å². The number of hydrogen-bond donors (Lipinski definition) is 1. The lowest BCUT2D eigenvalue weighted by atomic mass is 9.95. The molecule has 1 saturated heterocycles. The van der Waals surface area contributed by atoms with Crippen LogP contribution in [0.5, 0.6) is 5.75 Å². The second-order valence-electron chi connectivity index (χ2n) is 6.86. The summed E-state index contributed by atoms with van der Waals surface area (Å²) in [5.74, 6) is 1.98. The summed E-state index contributed by atoms with van der Waals surface area (Å²) < 4.78 is 5.77. The molecule has 1 heterocycles. The molecule has 1 amide bonds. The second-order valence-corrected chi connectivity index (χ2v) is 6.86. The van der Waals surface area contributed by atoms with Gasteiger partial charge in [0.2, 0.25) is 5.91 Å². The van der Waals surface area contributed by atoms with Gasteiger partial charge in [0.05, 0.1) is 0 Å². The molecule has 4 nitrogen and oxygen atoms in total. The fourth-order valence-electron chi connectivity index (χ4n) is 2.89. The summed E-state index contributed by atoms with van der Waals surface area (Å²) in [7, 11) is 0. The van der Waals surface area contributed by atoms with E-state index < -0.39 is 0 Å². The van der Waals surface area contributed by atoms with Crippen molar-refractivity contribution in [1.82, 2.24) is 10.2 Å². The Morgan fingerprint density at radius 1 is 1.22 bits per heavy atom. The van der Waals surface area contributed by atoms with Crippen LogP contribution < -0.4 is 10.1 Å². The minimum Gasteiger partial charge on any atom is -0.492 e. The number of rotatable bonds is 7. The Bertz CT molecular complexity index is 468. The zero-order valence-corrected chi connectivity index (χ0v) is 14.6. The predicted octanol–water partition coefficient (Wildman–Crippen LogP) is 2.94. The molecule has 2 rings (SSSR count). The van der Waals surface area contributed by atoms with Gasteiger partial charge in [-0.3, -0.25) is 4.79 Å². The van der Waals surface area contributed by atoms with E-state index >= 15 is 0 Å². The van der Waals surface area contributed by atoms with Crippen molar-refractivity contribution in [3.63, 3.8) is 0 Å². The summed E-state index contributed by atoms with van der Waals surface area (Å²) in [5, 5.41) is 3.56. The van der Waals surface area contributed by atoms with Crippen LogP contribution in [0, 0.1) is 11.8 Å². The fourth-order valence-corrected chi connectivity index (χ4v) is 2.89. The van der Waals surface area contributed by atoms with Gasteiger partial charge < -0.3 is 15.0 Å². The highest BCUT2D eigenvalue weighted by atomic mass is 16.5. The molecular formula is C19H30N2O2. The molecule has 1 aromatic rings. The normalized spacial score (nSPS) is 17.3. The largest absolute Gasteiger partial charge is 0.492 e. The molecule has 1 N–H and O–H groups in total. The molecule has 0 radical (unpaired) electrons. The lowest BCUT2D eigenvalue weighted by Crippen LogP contribution is -2.44. The van der Waals surface area contributed by atoms with E-state index in [1.165, 1.54) is 0 Å². The van der Waals surface area contributed by atoms with Crippen LogP contribution >= 0.6 is 0 Å². The number of hydrogen-bond acceptors (Lipinski definition) is 3.